The van der Waals surface area contributed by atoms with Gasteiger partial charge in [0.1, 0.15) is 5.82 Å². The van der Waals surface area contributed by atoms with Gasteiger partial charge in [-0.05, 0) is 49.2 Å². The van der Waals surface area contributed by atoms with E-state index in [1.54, 1.807) is 52.1 Å². The first kappa shape index (κ1) is 22.0. The summed E-state index contributed by atoms with van der Waals surface area (Å²) in [4.78, 5) is 14.6. The quantitative estimate of drug-likeness (QED) is 0.698. The van der Waals surface area contributed by atoms with Crippen LogP contribution in [0.4, 0.5) is 4.39 Å². The van der Waals surface area contributed by atoms with E-state index >= 15 is 0 Å². The number of aryl methyl sites for hydroxylation is 1. The zero-order valence-electron chi connectivity index (χ0n) is 16.9. The van der Waals surface area contributed by atoms with E-state index in [-0.39, 0.29) is 22.7 Å². The van der Waals surface area contributed by atoms with Gasteiger partial charge in [0.25, 0.3) is 5.91 Å². The summed E-state index contributed by atoms with van der Waals surface area (Å²) in [6.07, 6.45) is 0. The molecule has 7 heteroatoms. The Balaban J connectivity index is 2.37. The molecule has 1 amide bonds. The fourth-order valence-corrected chi connectivity index (χ4v) is 4.77. The van der Waals surface area contributed by atoms with Gasteiger partial charge in [-0.25, -0.2) is 12.8 Å². The van der Waals surface area contributed by atoms with Crippen LogP contribution in [0.3, 0.4) is 0 Å². The average Bonchev–Trinajstić information content (AvgIpc) is 2.67. The van der Waals surface area contributed by atoms with E-state index in [0.29, 0.717) is 24.2 Å². The maximum atomic E-state index is 13.2. The van der Waals surface area contributed by atoms with E-state index in [1.165, 1.54) is 27.4 Å². The smallest absolute Gasteiger partial charge is 0.254 e. The van der Waals surface area contributed by atoms with Crippen LogP contribution in [0, 0.1) is 12.7 Å². The molecule has 0 aliphatic heterocycles. The molecule has 0 radical (unpaired) electrons. The van der Waals surface area contributed by atoms with Crippen LogP contribution in [0.1, 0.15) is 48.3 Å². The summed E-state index contributed by atoms with van der Waals surface area (Å²) in [6, 6.07) is 10.4. The van der Waals surface area contributed by atoms with Crippen LogP contribution in [0.2, 0.25) is 0 Å². The van der Waals surface area contributed by atoms with Crippen LogP contribution in [-0.4, -0.2) is 43.7 Å². The summed E-state index contributed by atoms with van der Waals surface area (Å²) in [5, 5.41) is 0. The first-order chi connectivity index (χ1) is 13.1. The van der Waals surface area contributed by atoms with Crippen LogP contribution in [0.15, 0.2) is 47.4 Å². The monoisotopic (exact) mass is 406 g/mol. The molecule has 0 N–H and O–H groups in total. The molecule has 0 aromatic heterocycles. The molecule has 0 unspecified atom stereocenters. The summed E-state index contributed by atoms with van der Waals surface area (Å²) in [5.74, 6) is -0.637. The van der Waals surface area contributed by atoms with E-state index in [1.807, 2.05) is 6.92 Å². The van der Waals surface area contributed by atoms with Crippen molar-refractivity contribution in [1.82, 2.24) is 9.21 Å². The molecule has 1 atom stereocenters. The van der Waals surface area contributed by atoms with Crippen molar-refractivity contribution >= 4 is 15.9 Å². The van der Waals surface area contributed by atoms with Crippen molar-refractivity contribution in [2.24, 2.45) is 0 Å². The van der Waals surface area contributed by atoms with E-state index in [9.17, 15) is 17.6 Å². The van der Waals surface area contributed by atoms with Crippen LogP contribution in [-0.2, 0) is 10.0 Å². The molecular weight excluding hydrogens is 379 g/mol. The van der Waals surface area contributed by atoms with Crippen molar-refractivity contribution in [3.05, 3.63) is 65.0 Å². The summed E-state index contributed by atoms with van der Waals surface area (Å²) < 4.78 is 40.3. The van der Waals surface area contributed by atoms with Crippen molar-refractivity contribution in [1.29, 1.82) is 0 Å². The summed E-state index contributed by atoms with van der Waals surface area (Å²) in [6.45, 7) is 7.84. The number of halogens is 1. The molecule has 0 aliphatic carbocycles. The average molecular weight is 407 g/mol. The van der Waals surface area contributed by atoms with Gasteiger partial charge < -0.3 is 4.90 Å². The second-order valence-corrected chi connectivity index (χ2v) is 8.62. The highest BCUT2D eigenvalue weighted by Gasteiger charge is 2.26. The van der Waals surface area contributed by atoms with Crippen LogP contribution >= 0.6 is 0 Å². The van der Waals surface area contributed by atoms with Gasteiger partial charge in [0.15, 0.2) is 0 Å². The minimum Gasteiger partial charge on any atom is -0.335 e. The molecule has 28 heavy (non-hydrogen) atoms. The minimum absolute atomic E-state index is 0.143. The molecule has 2 aromatic carbocycles. The van der Waals surface area contributed by atoms with Crippen LogP contribution in [0.5, 0.6) is 0 Å². The highest BCUT2D eigenvalue weighted by molar-refractivity contribution is 7.89. The fraction of sp³-hybridized carbons (Fsp3) is 0.381. The SMILES string of the molecule is CCN(CC)S(=O)(=O)c1cc(C(=O)N(C)[C@@H](C)c2ccc(F)cc2)ccc1C. The molecule has 2 rings (SSSR count). The van der Waals surface area contributed by atoms with Gasteiger partial charge in [0, 0.05) is 25.7 Å². The maximum absolute atomic E-state index is 13.2. The third-order valence-electron chi connectivity index (χ3n) is 5.01. The number of rotatable bonds is 7. The van der Waals surface area contributed by atoms with Gasteiger partial charge in [0.05, 0.1) is 10.9 Å². The molecule has 0 heterocycles. The first-order valence-corrected chi connectivity index (χ1v) is 10.7. The number of hydrogen-bond acceptors (Lipinski definition) is 3. The molecule has 152 valence electrons. The van der Waals surface area contributed by atoms with Crippen LogP contribution < -0.4 is 0 Å². The Bertz CT molecular complexity index is 939. The molecule has 0 spiro atoms. The molecule has 0 saturated carbocycles. The van der Waals surface area contributed by atoms with E-state index in [4.69, 9.17) is 0 Å². The van der Waals surface area contributed by atoms with E-state index in [2.05, 4.69) is 0 Å². The number of amides is 1. The Kier molecular flexibility index (Phi) is 6.96. The summed E-state index contributed by atoms with van der Waals surface area (Å²) >= 11 is 0. The molecule has 5 nitrogen and oxygen atoms in total. The topological polar surface area (TPSA) is 57.7 Å². The van der Waals surface area contributed by atoms with Crippen molar-refractivity contribution in [3.8, 4) is 0 Å². The Hall–Kier alpha value is -2.25. The number of benzene rings is 2. The Morgan fingerprint density at radius 1 is 1.07 bits per heavy atom. The second kappa shape index (κ2) is 8.84. The Labute approximate surface area is 166 Å². The normalized spacial score (nSPS) is 12.8. The van der Waals surface area contributed by atoms with E-state index < -0.39 is 10.0 Å². The lowest BCUT2D eigenvalue weighted by Gasteiger charge is -2.26. The van der Waals surface area contributed by atoms with Crippen molar-refractivity contribution < 1.29 is 17.6 Å². The molecule has 0 saturated heterocycles. The minimum atomic E-state index is -3.67. The lowest BCUT2D eigenvalue weighted by molar-refractivity contribution is 0.0742. The van der Waals surface area contributed by atoms with Gasteiger partial charge in [-0.1, -0.05) is 32.0 Å². The lowest BCUT2D eigenvalue weighted by atomic mass is 10.1. The number of carbonyl (C=O) groups is 1. The number of sulfonamides is 1. The molecule has 2 aromatic rings. The predicted octanol–water partition coefficient (Wildman–Crippen LogP) is 4.00. The highest BCUT2D eigenvalue weighted by atomic mass is 32.2. The summed E-state index contributed by atoms with van der Waals surface area (Å²) in [7, 11) is -2.02. The Morgan fingerprint density at radius 2 is 1.64 bits per heavy atom. The molecule has 0 aliphatic rings. The number of carbonyl (C=O) groups excluding carboxylic acids is 1. The van der Waals surface area contributed by atoms with Crippen LogP contribution in [0.25, 0.3) is 0 Å². The van der Waals surface area contributed by atoms with Crippen molar-refractivity contribution in [2.45, 2.75) is 38.6 Å². The standard InChI is InChI=1S/C21H27FN2O3S/c1-6-24(7-2)28(26,27)20-14-18(9-8-15(20)3)21(25)23(5)16(4)17-10-12-19(22)13-11-17/h8-14,16H,6-7H2,1-5H3/t16-/m0/s1. The van der Waals surface area contributed by atoms with Crippen molar-refractivity contribution in [3.63, 3.8) is 0 Å². The second-order valence-electron chi connectivity index (χ2n) is 6.71. The van der Waals surface area contributed by atoms with Gasteiger partial charge in [0.2, 0.25) is 10.0 Å². The van der Waals surface area contributed by atoms with E-state index in [0.717, 1.165) is 5.56 Å². The first-order valence-electron chi connectivity index (χ1n) is 9.26. The lowest BCUT2D eigenvalue weighted by Crippen LogP contribution is -2.32. The van der Waals surface area contributed by atoms with Crippen molar-refractivity contribution in [2.75, 3.05) is 20.1 Å². The van der Waals surface area contributed by atoms with Gasteiger partial charge >= 0.3 is 0 Å². The number of hydrogen-bond donors (Lipinski definition) is 0. The summed E-state index contributed by atoms with van der Waals surface area (Å²) in [5.41, 5.74) is 1.69. The predicted molar refractivity (Wildman–Crippen MR) is 108 cm³/mol. The zero-order chi connectivity index (χ0) is 21.1. The number of nitrogens with zero attached hydrogens (tertiary/aromatic N) is 2. The third-order valence-corrected chi connectivity index (χ3v) is 7.20. The van der Waals surface area contributed by atoms with Gasteiger partial charge in [-0.2, -0.15) is 4.31 Å². The fourth-order valence-electron chi connectivity index (χ4n) is 3.06. The largest absolute Gasteiger partial charge is 0.335 e. The molecule has 0 bridgehead atoms. The molecular formula is C21H27FN2O3S. The highest BCUT2D eigenvalue weighted by Crippen LogP contribution is 2.25. The van der Waals surface area contributed by atoms with Gasteiger partial charge in [-0.15, -0.1) is 0 Å². The van der Waals surface area contributed by atoms with Gasteiger partial charge in [-0.3, -0.25) is 4.79 Å². The molecule has 0 fully saturated rings. The zero-order valence-corrected chi connectivity index (χ0v) is 17.8. The Morgan fingerprint density at radius 3 is 2.18 bits per heavy atom. The maximum Gasteiger partial charge on any atom is 0.254 e. The third kappa shape index (κ3) is 4.42.